The van der Waals surface area contributed by atoms with E-state index in [4.69, 9.17) is 0 Å². The minimum atomic E-state index is -0.530. The molecule has 2 rings (SSSR count). The van der Waals surface area contributed by atoms with Gasteiger partial charge >= 0.3 is 0 Å². The van der Waals surface area contributed by atoms with Gasteiger partial charge in [-0.15, -0.1) is 0 Å². The van der Waals surface area contributed by atoms with E-state index in [0.29, 0.717) is 0 Å². The topological polar surface area (TPSA) is 0 Å². The van der Waals surface area contributed by atoms with Crippen molar-refractivity contribution < 1.29 is 4.39 Å². The summed E-state index contributed by atoms with van der Waals surface area (Å²) in [6.45, 7) is 0. The molecule has 0 aromatic heterocycles. The van der Waals surface area contributed by atoms with E-state index in [1.54, 1.807) is 0 Å². The first-order valence-corrected chi connectivity index (χ1v) is 6.13. The predicted octanol–water partition coefficient (Wildman–Crippen LogP) is 3.99. The van der Waals surface area contributed by atoms with Crippen molar-refractivity contribution in [1.82, 2.24) is 0 Å². The minimum Gasteiger partial charge on any atom is -0.206 e. The number of rotatable bonds is 1. The first kappa shape index (κ1) is 9.03. The molecule has 0 atom stereocenters. The molecule has 0 radical (unpaired) electrons. The monoisotopic (exact) mass is 258 g/mol. The summed E-state index contributed by atoms with van der Waals surface area (Å²) in [5, 5.41) is 4.09. The van der Waals surface area contributed by atoms with Gasteiger partial charge < -0.3 is 0 Å². The van der Waals surface area contributed by atoms with Crippen LogP contribution in [0.2, 0.25) is 0 Å². The third kappa shape index (κ3) is 1.86. The van der Waals surface area contributed by atoms with Crippen molar-refractivity contribution >= 4 is 26.8 Å². The van der Waals surface area contributed by atoms with Crippen molar-refractivity contribution in [3.63, 3.8) is 0 Å². The SMILES string of the molecule is Fc1cc(Br)ccc1[SH]1C=CC=C1. The fourth-order valence-corrected chi connectivity index (χ4v) is 3.07. The Morgan fingerprint density at radius 3 is 2.46 bits per heavy atom. The molecule has 1 aliphatic rings. The van der Waals surface area contributed by atoms with Crippen molar-refractivity contribution in [3.05, 3.63) is 51.5 Å². The first-order chi connectivity index (χ1) is 6.27. The number of benzene rings is 1. The highest BCUT2D eigenvalue weighted by Crippen LogP contribution is 2.43. The molecule has 0 aliphatic carbocycles. The molecule has 0 fully saturated rings. The Morgan fingerprint density at radius 1 is 1.15 bits per heavy atom. The standard InChI is InChI=1S/C10H8BrFS/c11-8-3-4-10(9(12)7-8)13-5-1-2-6-13/h1-7,13H. The molecule has 0 bridgehead atoms. The van der Waals surface area contributed by atoms with Crippen LogP contribution in [0.4, 0.5) is 4.39 Å². The smallest absolute Gasteiger partial charge is 0.136 e. The van der Waals surface area contributed by atoms with Gasteiger partial charge in [0, 0.05) is 9.37 Å². The van der Waals surface area contributed by atoms with E-state index >= 15 is 0 Å². The molecule has 3 heteroatoms. The Hall–Kier alpha value is -0.540. The molecular formula is C10H8BrFS. The van der Waals surface area contributed by atoms with Gasteiger partial charge in [-0.3, -0.25) is 0 Å². The van der Waals surface area contributed by atoms with Crippen LogP contribution in [0.5, 0.6) is 0 Å². The largest absolute Gasteiger partial charge is 0.206 e. The summed E-state index contributed by atoms with van der Waals surface area (Å²) in [7, 11) is -0.530. The Bertz CT molecular complexity index is 373. The van der Waals surface area contributed by atoms with Crippen molar-refractivity contribution in [2.24, 2.45) is 0 Å². The van der Waals surface area contributed by atoms with E-state index < -0.39 is 10.9 Å². The molecule has 0 nitrogen and oxygen atoms in total. The van der Waals surface area contributed by atoms with Gasteiger partial charge in [0.05, 0.1) is 0 Å². The second-order valence-corrected chi connectivity index (χ2v) is 5.49. The van der Waals surface area contributed by atoms with Crippen molar-refractivity contribution in [2.45, 2.75) is 4.90 Å². The molecule has 1 heterocycles. The first-order valence-electron chi connectivity index (χ1n) is 3.86. The summed E-state index contributed by atoms with van der Waals surface area (Å²) in [4.78, 5) is 0.795. The molecule has 68 valence electrons. The van der Waals surface area contributed by atoms with Crippen LogP contribution in [0.15, 0.2) is 50.5 Å². The molecule has 0 spiro atoms. The van der Waals surface area contributed by atoms with Crippen LogP contribution < -0.4 is 0 Å². The molecule has 0 amide bonds. The second-order valence-electron chi connectivity index (χ2n) is 2.69. The van der Waals surface area contributed by atoms with Crippen molar-refractivity contribution in [2.75, 3.05) is 0 Å². The van der Waals surface area contributed by atoms with Gasteiger partial charge in [0.15, 0.2) is 0 Å². The maximum atomic E-state index is 13.4. The van der Waals surface area contributed by atoms with Gasteiger partial charge in [-0.2, -0.15) is 10.9 Å². The summed E-state index contributed by atoms with van der Waals surface area (Å²) < 4.78 is 14.2. The maximum Gasteiger partial charge on any atom is 0.136 e. The average Bonchev–Trinajstić information content (AvgIpc) is 2.56. The lowest BCUT2D eigenvalue weighted by Crippen LogP contribution is -1.82. The molecule has 13 heavy (non-hydrogen) atoms. The van der Waals surface area contributed by atoms with Gasteiger partial charge in [-0.05, 0) is 29.0 Å². The van der Waals surface area contributed by atoms with Gasteiger partial charge in [0.25, 0.3) is 0 Å². The molecule has 0 unspecified atom stereocenters. The summed E-state index contributed by atoms with van der Waals surface area (Å²) >= 11 is 3.24. The van der Waals surface area contributed by atoms with Crippen LogP contribution in [-0.4, -0.2) is 0 Å². The second kappa shape index (κ2) is 3.68. The predicted molar refractivity (Wildman–Crippen MR) is 59.6 cm³/mol. The van der Waals surface area contributed by atoms with Gasteiger partial charge in [-0.1, -0.05) is 28.1 Å². The number of hydrogen-bond donors (Lipinski definition) is 1. The van der Waals surface area contributed by atoms with Crippen molar-refractivity contribution in [1.29, 1.82) is 0 Å². The van der Waals surface area contributed by atoms with Crippen molar-refractivity contribution in [3.8, 4) is 0 Å². The summed E-state index contributed by atoms with van der Waals surface area (Å²) in [5.74, 6) is -0.128. The van der Waals surface area contributed by atoms with Crippen LogP contribution >= 0.6 is 26.8 Å². The zero-order valence-electron chi connectivity index (χ0n) is 6.74. The minimum absolute atomic E-state index is 0.128. The fraction of sp³-hybridized carbons (Fsp3) is 0. The molecule has 0 saturated carbocycles. The van der Waals surface area contributed by atoms with E-state index in [1.807, 2.05) is 35.1 Å². The number of thiol groups is 1. The summed E-state index contributed by atoms with van der Waals surface area (Å²) in [6, 6.07) is 5.23. The third-order valence-corrected chi connectivity index (χ3v) is 4.19. The lowest BCUT2D eigenvalue weighted by Gasteiger charge is -2.11. The Balaban J connectivity index is 2.40. The van der Waals surface area contributed by atoms with E-state index in [0.717, 1.165) is 9.37 Å². The average molecular weight is 259 g/mol. The normalized spacial score (nSPS) is 16.9. The lowest BCUT2D eigenvalue weighted by atomic mass is 10.3. The Morgan fingerprint density at radius 2 is 1.85 bits per heavy atom. The third-order valence-electron chi connectivity index (χ3n) is 1.79. The highest BCUT2D eigenvalue weighted by Gasteiger charge is 2.08. The van der Waals surface area contributed by atoms with E-state index in [-0.39, 0.29) is 5.82 Å². The fourth-order valence-electron chi connectivity index (χ4n) is 1.19. The zero-order valence-corrected chi connectivity index (χ0v) is 9.23. The number of allylic oxidation sites excluding steroid dienone is 2. The molecule has 0 saturated heterocycles. The highest BCUT2D eigenvalue weighted by molar-refractivity contribution is 9.10. The summed E-state index contributed by atoms with van der Waals surface area (Å²) in [5.41, 5.74) is 0. The zero-order chi connectivity index (χ0) is 9.26. The summed E-state index contributed by atoms with van der Waals surface area (Å²) in [6.07, 6.45) is 3.93. The van der Waals surface area contributed by atoms with Gasteiger partial charge in [0.1, 0.15) is 5.82 Å². The molecule has 0 N–H and O–H groups in total. The highest BCUT2D eigenvalue weighted by atomic mass is 79.9. The Labute approximate surface area is 87.6 Å². The molecule has 1 aromatic carbocycles. The molecule has 1 aliphatic heterocycles. The van der Waals surface area contributed by atoms with Gasteiger partial charge in [0.2, 0.25) is 0 Å². The van der Waals surface area contributed by atoms with Crippen LogP contribution in [-0.2, 0) is 0 Å². The van der Waals surface area contributed by atoms with E-state index in [9.17, 15) is 4.39 Å². The lowest BCUT2D eigenvalue weighted by molar-refractivity contribution is 0.601. The van der Waals surface area contributed by atoms with E-state index in [2.05, 4.69) is 15.9 Å². The van der Waals surface area contributed by atoms with E-state index in [1.165, 1.54) is 6.07 Å². The van der Waals surface area contributed by atoms with Crippen LogP contribution in [0.25, 0.3) is 0 Å². The van der Waals surface area contributed by atoms with Gasteiger partial charge in [-0.25, -0.2) is 4.39 Å². The quantitative estimate of drug-likeness (QED) is 0.724. The van der Waals surface area contributed by atoms with Crippen LogP contribution in [0.1, 0.15) is 0 Å². The number of hydrogen-bond acceptors (Lipinski definition) is 0. The Kier molecular flexibility index (Phi) is 2.56. The van der Waals surface area contributed by atoms with Crippen LogP contribution in [0.3, 0.4) is 0 Å². The van der Waals surface area contributed by atoms with Crippen LogP contribution in [0, 0.1) is 5.82 Å². The molecule has 1 aromatic rings. The molecular weight excluding hydrogens is 251 g/mol. The maximum absolute atomic E-state index is 13.4. The number of halogens is 2.